The number of hydrogen-bond acceptors (Lipinski definition) is 5. The van der Waals surface area contributed by atoms with E-state index in [-0.39, 0.29) is 17.5 Å². The maximum Gasteiger partial charge on any atom is 0.253 e. The molecule has 1 N–H and O–H groups in total. The third-order valence-corrected chi connectivity index (χ3v) is 6.37. The smallest absolute Gasteiger partial charge is 0.253 e. The van der Waals surface area contributed by atoms with Crippen molar-refractivity contribution in [3.05, 3.63) is 53.1 Å². The van der Waals surface area contributed by atoms with Gasteiger partial charge in [-0.3, -0.25) is 14.6 Å². The number of morpholine rings is 1. The third kappa shape index (κ3) is 3.22. The molecule has 1 aromatic heterocycles. The van der Waals surface area contributed by atoms with Gasteiger partial charge in [-0.15, -0.1) is 0 Å². The molecule has 148 valence electrons. The van der Waals surface area contributed by atoms with E-state index in [0.29, 0.717) is 23.7 Å². The Bertz CT molecular complexity index is 835. The number of piperazine rings is 1. The van der Waals surface area contributed by atoms with E-state index in [1.807, 2.05) is 23.2 Å². The summed E-state index contributed by atoms with van der Waals surface area (Å²) in [5.41, 5.74) is 1.83. The van der Waals surface area contributed by atoms with Crippen LogP contribution >= 0.6 is 11.6 Å². The Kier molecular flexibility index (Phi) is 4.63. The molecule has 0 unspecified atom stereocenters. The lowest BCUT2D eigenvalue weighted by molar-refractivity contribution is -0.160. The number of likely N-dealkylation sites (tertiary alicyclic amines) is 1. The standard InChI is InChI=1S/C20H24ClN5O2/c21-16-3-1-15(2-4-16)19(27)25-9-18-10-28-6-5-26(18)20(13-25)11-24(12-20)8-17-7-22-14-23-17/h1-4,7,14,18H,5-6,8-13H2,(H,22,23)/t18-/m1/s1. The average Bonchev–Trinajstić information content (AvgIpc) is 3.20. The molecule has 3 aliphatic rings. The van der Waals surface area contributed by atoms with Gasteiger partial charge in [0.1, 0.15) is 0 Å². The molecule has 0 aliphatic carbocycles. The normalized spacial score (nSPS) is 24.8. The summed E-state index contributed by atoms with van der Waals surface area (Å²) >= 11 is 5.98. The van der Waals surface area contributed by atoms with E-state index in [4.69, 9.17) is 16.3 Å². The molecule has 5 rings (SSSR count). The molecule has 3 saturated heterocycles. The number of aromatic amines is 1. The van der Waals surface area contributed by atoms with Crippen LogP contribution in [0.5, 0.6) is 0 Å². The number of carbonyl (C=O) groups excluding carboxylic acids is 1. The summed E-state index contributed by atoms with van der Waals surface area (Å²) in [7, 11) is 0. The first-order valence-electron chi connectivity index (χ1n) is 9.72. The number of fused-ring (bicyclic) bond motifs is 2. The number of hydrogen-bond donors (Lipinski definition) is 1. The van der Waals surface area contributed by atoms with E-state index in [1.54, 1.807) is 18.5 Å². The van der Waals surface area contributed by atoms with Gasteiger partial charge in [-0.25, -0.2) is 4.98 Å². The molecule has 1 atom stereocenters. The first-order valence-corrected chi connectivity index (χ1v) is 10.1. The van der Waals surface area contributed by atoms with Crippen LogP contribution in [-0.2, 0) is 11.3 Å². The fourth-order valence-electron chi connectivity index (χ4n) is 4.92. The van der Waals surface area contributed by atoms with Crippen molar-refractivity contribution in [2.45, 2.75) is 18.1 Å². The molecule has 8 heteroatoms. The van der Waals surface area contributed by atoms with Gasteiger partial charge in [0, 0.05) is 61.7 Å². The highest BCUT2D eigenvalue weighted by Gasteiger charge is 2.54. The minimum atomic E-state index is 0.00873. The lowest BCUT2D eigenvalue weighted by atomic mass is 9.82. The number of nitrogens with zero attached hydrogens (tertiary/aromatic N) is 4. The molecule has 0 radical (unpaired) electrons. The zero-order chi connectivity index (χ0) is 19.1. The van der Waals surface area contributed by atoms with Crippen molar-refractivity contribution in [3.8, 4) is 0 Å². The number of ether oxygens (including phenoxy) is 1. The van der Waals surface area contributed by atoms with Crippen LogP contribution in [0.25, 0.3) is 0 Å². The number of carbonyl (C=O) groups is 1. The van der Waals surface area contributed by atoms with Gasteiger partial charge in [-0.2, -0.15) is 0 Å². The van der Waals surface area contributed by atoms with Gasteiger partial charge in [0.2, 0.25) is 0 Å². The Balaban J connectivity index is 1.34. The minimum absolute atomic E-state index is 0.00873. The number of imidazole rings is 1. The summed E-state index contributed by atoms with van der Waals surface area (Å²) in [6.45, 7) is 6.62. The van der Waals surface area contributed by atoms with Crippen molar-refractivity contribution in [1.82, 2.24) is 24.7 Å². The lowest BCUT2D eigenvalue weighted by Gasteiger charge is -2.63. The molecule has 1 aromatic carbocycles. The van der Waals surface area contributed by atoms with Crippen LogP contribution in [-0.4, -0.2) is 88.1 Å². The van der Waals surface area contributed by atoms with Gasteiger partial charge in [0.05, 0.1) is 31.1 Å². The summed E-state index contributed by atoms with van der Waals surface area (Å²) in [6.07, 6.45) is 3.59. The van der Waals surface area contributed by atoms with Gasteiger partial charge in [0.25, 0.3) is 5.91 Å². The molecular formula is C20H24ClN5O2. The Morgan fingerprint density at radius 2 is 2.11 bits per heavy atom. The molecule has 2 aromatic rings. The lowest BCUT2D eigenvalue weighted by Crippen LogP contribution is -2.80. The third-order valence-electron chi connectivity index (χ3n) is 6.12. The highest BCUT2D eigenvalue weighted by Crippen LogP contribution is 2.36. The number of aromatic nitrogens is 2. The number of halogens is 1. The quantitative estimate of drug-likeness (QED) is 0.843. The van der Waals surface area contributed by atoms with E-state index < -0.39 is 0 Å². The summed E-state index contributed by atoms with van der Waals surface area (Å²) in [5, 5.41) is 0.645. The second-order valence-electron chi connectivity index (χ2n) is 8.06. The van der Waals surface area contributed by atoms with Crippen molar-refractivity contribution < 1.29 is 9.53 Å². The molecular weight excluding hydrogens is 378 g/mol. The minimum Gasteiger partial charge on any atom is -0.378 e. The molecule has 0 saturated carbocycles. The Morgan fingerprint density at radius 1 is 1.29 bits per heavy atom. The number of amides is 1. The summed E-state index contributed by atoms with van der Waals surface area (Å²) < 4.78 is 5.74. The van der Waals surface area contributed by atoms with Crippen LogP contribution in [0.15, 0.2) is 36.8 Å². The highest BCUT2D eigenvalue weighted by molar-refractivity contribution is 6.30. The molecule has 0 bridgehead atoms. The summed E-state index contributed by atoms with van der Waals surface area (Å²) in [6, 6.07) is 7.44. The zero-order valence-electron chi connectivity index (χ0n) is 15.7. The summed E-state index contributed by atoms with van der Waals surface area (Å²) in [4.78, 5) is 27.4. The van der Waals surface area contributed by atoms with Gasteiger partial charge in [0.15, 0.2) is 0 Å². The molecule has 3 aliphatic heterocycles. The second-order valence-corrected chi connectivity index (χ2v) is 8.50. The Hall–Kier alpha value is -1.93. The Morgan fingerprint density at radius 3 is 2.86 bits per heavy atom. The first kappa shape index (κ1) is 18.1. The second kappa shape index (κ2) is 7.15. The molecule has 7 nitrogen and oxygen atoms in total. The molecule has 28 heavy (non-hydrogen) atoms. The van der Waals surface area contributed by atoms with Crippen molar-refractivity contribution in [2.24, 2.45) is 0 Å². The monoisotopic (exact) mass is 401 g/mol. The van der Waals surface area contributed by atoms with Crippen LogP contribution in [0.2, 0.25) is 5.02 Å². The van der Waals surface area contributed by atoms with E-state index in [0.717, 1.165) is 45.0 Å². The largest absolute Gasteiger partial charge is 0.378 e. The number of rotatable bonds is 3. The maximum absolute atomic E-state index is 13.1. The van der Waals surface area contributed by atoms with Crippen LogP contribution in [0.1, 0.15) is 16.1 Å². The van der Waals surface area contributed by atoms with Gasteiger partial charge in [-0.05, 0) is 24.3 Å². The van der Waals surface area contributed by atoms with Gasteiger partial charge >= 0.3 is 0 Å². The van der Waals surface area contributed by atoms with Crippen molar-refractivity contribution in [2.75, 3.05) is 45.9 Å². The number of H-pyrrole nitrogens is 1. The number of nitrogens with one attached hydrogen (secondary N) is 1. The fourth-order valence-corrected chi connectivity index (χ4v) is 5.04. The highest BCUT2D eigenvalue weighted by atomic mass is 35.5. The SMILES string of the molecule is O=C(c1ccc(Cl)cc1)N1C[C@@H]2COCCN2C2(CN(Cc3cnc[nH]3)C2)C1. The van der Waals surface area contributed by atoms with Crippen molar-refractivity contribution in [1.29, 1.82) is 0 Å². The molecule has 4 heterocycles. The van der Waals surface area contributed by atoms with Crippen LogP contribution in [0.4, 0.5) is 0 Å². The van der Waals surface area contributed by atoms with Crippen molar-refractivity contribution in [3.63, 3.8) is 0 Å². The number of benzene rings is 1. The van der Waals surface area contributed by atoms with E-state index in [2.05, 4.69) is 19.8 Å². The maximum atomic E-state index is 13.1. The molecule has 1 amide bonds. The fraction of sp³-hybridized carbons (Fsp3) is 0.500. The first-order chi connectivity index (χ1) is 13.6. The van der Waals surface area contributed by atoms with Gasteiger partial charge in [-0.1, -0.05) is 11.6 Å². The Labute approximate surface area is 169 Å². The van der Waals surface area contributed by atoms with E-state index in [1.165, 1.54) is 0 Å². The summed E-state index contributed by atoms with van der Waals surface area (Å²) in [5.74, 6) is 0.0771. The predicted octanol–water partition coefficient (Wildman–Crippen LogP) is 1.47. The van der Waals surface area contributed by atoms with Crippen LogP contribution in [0, 0.1) is 0 Å². The molecule has 1 spiro atoms. The van der Waals surface area contributed by atoms with E-state index >= 15 is 0 Å². The van der Waals surface area contributed by atoms with Crippen molar-refractivity contribution >= 4 is 17.5 Å². The zero-order valence-corrected chi connectivity index (χ0v) is 16.4. The van der Waals surface area contributed by atoms with E-state index in [9.17, 15) is 4.79 Å². The van der Waals surface area contributed by atoms with Crippen LogP contribution in [0.3, 0.4) is 0 Å². The predicted molar refractivity (Wildman–Crippen MR) is 105 cm³/mol. The topological polar surface area (TPSA) is 64.7 Å². The molecule has 3 fully saturated rings. The van der Waals surface area contributed by atoms with Crippen LogP contribution < -0.4 is 0 Å². The average molecular weight is 402 g/mol. The van der Waals surface area contributed by atoms with Gasteiger partial charge < -0.3 is 14.6 Å².